The molecule has 1 atom stereocenters. The summed E-state index contributed by atoms with van der Waals surface area (Å²) in [4.78, 5) is 12.1. The maximum Gasteiger partial charge on any atom is 0.187 e. The largest absolute Gasteiger partial charge is 0.508 e. The molecule has 3 N–H and O–H groups in total. The third-order valence-electron chi connectivity index (χ3n) is 3.54. The molecular weight excluding hydrogens is 242 g/mol. The van der Waals surface area contributed by atoms with Crippen molar-refractivity contribution in [3.8, 4) is 5.75 Å². The van der Waals surface area contributed by atoms with Gasteiger partial charge in [0.2, 0.25) is 0 Å². The quantitative estimate of drug-likeness (QED) is 0.809. The molecule has 1 aromatic carbocycles. The van der Waals surface area contributed by atoms with Crippen molar-refractivity contribution in [3.63, 3.8) is 0 Å². The van der Waals surface area contributed by atoms with Crippen molar-refractivity contribution >= 4 is 5.78 Å². The van der Waals surface area contributed by atoms with E-state index >= 15 is 0 Å². The Morgan fingerprint density at radius 2 is 1.95 bits per heavy atom. The van der Waals surface area contributed by atoms with Crippen LogP contribution in [0.4, 0.5) is 0 Å². The van der Waals surface area contributed by atoms with Crippen LogP contribution in [0.15, 0.2) is 47.6 Å². The van der Waals surface area contributed by atoms with Gasteiger partial charge in [-0.3, -0.25) is 4.79 Å². The standard InChI is InChI=1S/C15H15NO3/c16-14-8-11(9-4-6-10(17)7-5-9)15-12(18)2-1-3-13(15)19-14/h4-8,11,17H,1-3,16H2. The molecule has 0 spiro atoms. The first kappa shape index (κ1) is 11.8. The number of aromatic hydroxyl groups is 1. The fourth-order valence-corrected chi connectivity index (χ4v) is 2.66. The van der Waals surface area contributed by atoms with Crippen LogP contribution in [0.25, 0.3) is 0 Å². The molecule has 0 radical (unpaired) electrons. The Hall–Kier alpha value is -2.23. The summed E-state index contributed by atoms with van der Waals surface area (Å²) in [5, 5.41) is 9.35. The number of benzene rings is 1. The number of ketones is 1. The number of carbonyl (C=O) groups is 1. The smallest absolute Gasteiger partial charge is 0.187 e. The molecule has 0 saturated heterocycles. The Morgan fingerprint density at radius 3 is 2.68 bits per heavy atom. The van der Waals surface area contributed by atoms with Crippen LogP contribution < -0.4 is 5.73 Å². The van der Waals surface area contributed by atoms with Gasteiger partial charge >= 0.3 is 0 Å². The first-order valence-corrected chi connectivity index (χ1v) is 6.35. The van der Waals surface area contributed by atoms with Gasteiger partial charge in [0.15, 0.2) is 11.7 Å². The number of phenolic OH excluding ortho intramolecular Hbond substituents is 1. The Kier molecular flexibility index (Phi) is 2.78. The molecule has 1 aliphatic heterocycles. The lowest BCUT2D eigenvalue weighted by Gasteiger charge is -2.28. The van der Waals surface area contributed by atoms with Gasteiger partial charge in [0.1, 0.15) is 11.5 Å². The van der Waals surface area contributed by atoms with Crippen LogP contribution in [-0.2, 0) is 9.53 Å². The molecule has 0 fully saturated rings. The second kappa shape index (κ2) is 4.46. The van der Waals surface area contributed by atoms with Crippen molar-refractivity contribution in [2.45, 2.75) is 25.2 Å². The van der Waals surface area contributed by atoms with Crippen molar-refractivity contribution < 1.29 is 14.6 Å². The summed E-state index contributed by atoms with van der Waals surface area (Å²) in [6, 6.07) is 6.84. The normalized spacial score (nSPS) is 22.6. The van der Waals surface area contributed by atoms with Gasteiger partial charge < -0.3 is 15.6 Å². The van der Waals surface area contributed by atoms with Crippen molar-refractivity contribution in [2.24, 2.45) is 5.73 Å². The Labute approximate surface area is 111 Å². The summed E-state index contributed by atoms with van der Waals surface area (Å²) >= 11 is 0. The molecule has 0 bridgehead atoms. The maximum absolute atomic E-state index is 12.1. The van der Waals surface area contributed by atoms with Crippen LogP contribution in [0.5, 0.6) is 5.75 Å². The van der Waals surface area contributed by atoms with Crippen molar-refractivity contribution in [2.75, 3.05) is 0 Å². The minimum Gasteiger partial charge on any atom is -0.508 e. The van der Waals surface area contributed by atoms with E-state index in [0.29, 0.717) is 23.6 Å². The number of phenols is 1. The average Bonchev–Trinajstić information content (AvgIpc) is 2.38. The molecule has 4 heteroatoms. The van der Waals surface area contributed by atoms with Crippen LogP contribution in [0, 0.1) is 0 Å². The fourth-order valence-electron chi connectivity index (χ4n) is 2.66. The van der Waals surface area contributed by atoms with Crippen molar-refractivity contribution in [1.82, 2.24) is 0 Å². The molecule has 1 aromatic rings. The minimum atomic E-state index is -0.169. The summed E-state index contributed by atoms with van der Waals surface area (Å²) in [6.07, 6.45) is 3.89. The molecule has 1 aliphatic carbocycles. The third-order valence-corrected chi connectivity index (χ3v) is 3.54. The maximum atomic E-state index is 12.1. The molecule has 19 heavy (non-hydrogen) atoms. The lowest BCUT2D eigenvalue weighted by atomic mass is 9.81. The van der Waals surface area contributed by atoms with Crippen LogP contribution in [0.2, 0.25) is 0 Å². The van der Waals surface area contributed by atoms with Gasteiger partial charge in [0.25, 0.3) is 0 Å². The highest BCUT2D eigenvalue weighted by atomic mass is 16.5. The van der Waals surface area contributed by atoms with E-state index in [1.54, 1.807) is 18.2 Å². The molecule has 0 saturated carbocycles. The van der Waals surface area contributed by atoms with Gasteiger partial charge in [-0.05, 0) is 30.2 Å². The van der Waals surface area contributed by atoms with Crippen LogP contribution in [0.3, 0.4) is 0 Å². The number of ether oxygens (including phenoxy) is 1. The van der Waals surface area contributed by atoms with E-state index in [4.69, 9.17) is 10.5 Å². The highest BCUT2D eigenvalue weighted by Crippen LogP contribution is 2.39. The molecule has 2 aliphatic rings. The summed E-state index contributed by atoms with van der Waals surface area (Å²) in [6.45, 7) is 0. The van der Waals surface area contributed by atoms with Crippen LogP contribution in [-0.4, -0.2) is 10.9 Å². The van der Waals surface area contributed by atoms with Gasteiger partial charge in [-0.15, -0.1) is 0 Å². The van der Waals surface area contributed by atoms with E-state index in [1.165, 1.54) is 0 Å². The Balaban J connectivity index is 2.06. The first-order chi connectivity index (χ1) is 9.15. The summed E-state index contributed by atoms with van der Waals surface area (Å²) in [7, 11) is 0. The number of rotatable bonds is 1. The SMILES string of the molecule is NC1=CC(c2ccc(O)cc2)C2=C(CCCC2=O)O1. The van der Waals surface area contributed by atoms with Gasteiger partial charge in [-0.1, -0.05) is 12.1 Å². The lowest BCUT2D eigenvalue weighted by Crippen LogP contribution is -2.24. The van der Waals surface area contributed by atoms with Crippen LogP contribution >= 0.6 is 0 Å². The highest BCUT2D eigenvalue weighted by Gasteiger charge is 2.32. The van der Waals surface area contributed by atoms with E-state index in [-0.39, 0.29) is 17.5 Å². The first-order valence-electron chi connectivity index (χ1n) is 6.35. The molecule has 3 rings (SSSR count). The zero-order valence-corrected chi connectivity index (χ0v) is 10.4. The number of nitrogens with two attached hydrogens (primary N) is 1. The zero-order valence-electron chi connectivity index (χ0n) is 10.4. The van der Waals surface area contributed by atoms with Gasteiger partial charge in [-0.25, -0.2) is 0 Å². The summed E-state index contributed by atoms with van der Waals surface area (Å²) < 4.78 is 5.48. The van der Waals surface area contributed by atoms with E-state index in [1.807, 2.05) is 12.1 Å². The Morgan fingerprint density at radius 1 is 1.21 bits per heavy atom. The molecule has 4 nitrogen and oxygen atoms in total. The van der Waals surface area contributed by atoms with Crippen LogP contribution in [0.1, 0.15) is 30.7 Å². The van der Waals surface area contributed by atoms with Gasteiger partial charge in [0.05, 0.1) is 0 Å². The molecule has 0 aromatic heterocycles. The number of hydrogen-bond acceptors (Lipinski definition) is 4. The van der Waals surface area contributed by atoms with E-state index < -0.39 is 0 Å². The van der Waals surface area contributed by atoms with Gasteiger partial charge in [-0.2, -0.15) is 0 Å². The topological polar surface area (TPSA) is 72.5 Å². The number of carbonyl (C=O) groups excluding carboxylic acids is 1. The highest BCUT2D eigenvalue weighted by molar-refractivity contribution is 5.98. The van der Waals surface area contributed by atoms with E-state index in [2.05, 4.69) is 0 Å². The fraction of sp³-hybridized carbons (Fsp3) is 0.267. The van der Waals surface area contributed by atoms with Gasteiger partial charge in [0, 0.05) is 24.3 Å². The zero-order chi connectivity index (χ0) is 13.4. The van der Waals surface area contributed by atoms with Crippen molar-refractivity contribution in [1.29, 1.82) is 0 Å². The molecule has 1 unspecified atom stereocenters. The number of hydrogen-bond donors (Lipinski definition) is 2. The average molecular weight is 257 g/mol. The number of Topliss-reactive ketones (excluding diaryl/α,β-unsaturated/α-hetero) is 1. The summed E-state index contributed by atoms with van der Waals surface area (Å²) in [5.74, 6) is 1.21. The monoisotopic (exact) mass is 257 g/mol. The second-order valence-corrected chi connectivity index (χ2v) is 4.85. The Bertz CT molecular complexity index is 584. The molecule has 0 amide bonds. The van der Waals surface area contributed by atoms with E-state index in [0.717, 1.165) is 18.4 Å². The van der Waals surface area contributed by atoms with Crippen molar-refractivity contribution in [3.05, 3.63) is 53.1 Å². The van der Waals surface area contributed by atoms with E-state index in [9.17, 15) is 9.90 Å². The molecular formula is C15H15NO3. The predicted molar refractivity (Wildman–Crippen MR) is 70.1 cm³/mol. The molecule has 98 valence electrons. The third kappa shape index (κ3) is 2.10. The minimum absolute atomic E-state index is 0.128. The predicted octanol–water partition coefficient (Wildman–Crippen LogP) is 2.31. The second-order valence-electron chi connectivity index (χ2n) is 4.85. The lowest BCUT2D eigenvalue weighted by molar-refractivity contribution is -0.116. The molecule has 1 heterocycles. The number of allylic oxidation sites excluding steroid dienone is 3. The summed E-state index contributed by atoms with van der Waals surface area (Å²) in [5.41, 5.74) is 7.44.